The number of hydrogen-bond acceptors (Lipinski definition) is 4. The van der Waals surface area contributed by atoms with E-state index in [0.717, 1.165) is 30.0 Å². The van der Waals surface area contributed by atoms with Crippen LogP contribution in [-0.2, 0) is 24.1 Å². The molecule has 0 aliphatic carbocycles. The van der Waals surface area contributed by atoms with Gasteiger partial charge in [-0.2, -0.15) is 0 Å². The predicted octanol–water partition coefficient (Wildman–Crippen LogP) is 3.34. The number of carbonyl (C=O) groups is 1. The second-order valence-corrected chi connectivity index (χ2v) is 5.66. The fourth-order valence-electron chi connectivity index (χ4n) is 2.04. The van der Waals surface area contributed by atoms with E-state index in [9.17, 15) is 4.79 Å². The second-order valence-electron chi connectivity index (χ2n) is 4.72. The number of thiazole rings is 1. The summed E-state index contributed by atoms with van der Waals surface area (Å²) in [5.41, 5.74) is 1.86. The van der Waals surface area contributed by atoms with E-state index in [0.29, 0.717) is 12.3 Å². The third-order valence-electron chi connectivity index (χ3n) is 3.08. The minimum absolute atomic E-state index is 0.00310. The van der Waals surface area contributed by atoms with Crippen molar-refractivity contribution in [1.82, 2.24) is 4.98 Å². The molecule has 0 fully saturated rings. The molecule has 0 aliphatic heterocycles. The molecule has 0 aliphatic rings. The topological polar surface area (TPSA) is 59.4 Å². The minimum Gasteiger partial charge on any atom is -0.493 e. The average molecular weight is 305 g/mol. The van der Waals surface area contributed by atoms with Gasteiger partial charge >= 0.3 is 5.97 Å². The number of aromatic nitrogens is 1. The molecule has 5 heteroatoms. The van der Waals surface area contributed by atoms with Crippen LogP contribution in [0.4, 0.5) is 0 Å². The summed E-state index contributed by atoms with van der Waals surface area (Å²) in [6.45, 7) is 2.76. The Morgan fingerprint density at radius 1 is 1.38 bits per heavy atom. The summed E-state index contributed by atoms with van der Waals surface area (Å²) < 4.78 is 5.80. The van der Waals surface area contributed by atoms with Crippen molar-refractivity contribution in [1.29, 1.82) is 0 Å². The number of aryl methyl sites for hydroxylation is 2. The van der Waals surface area contributed by atoms with E-state index >= 15 is 0 Å². The molecular weight excluding hydrogens is 286 g/mol. The molecule has 0 saturated carbocycles. The van der Waals surface area contributed by atoms with E-state index < -0.39 is 5.97 Å². The lowest BCUT2D eigenvalue weighted by Crippen LogP contribution is -2.02. The van der Waals surface area contributed by atoms with Gasteiger partial charge in [-0.1, -0.05) is 25.1 Å². The van der Waals surface area contributed by atoms with Gasteiger partial charge in [0.25, 0.3) is 0 Å². The molecule has 2 rings (SSSR count). The molecule has 21 heavy (non-hydrogen) atoms. The molecule has 1 aromatic carbocycles. The fraction of sp³-hybridized carbons (Fsp3) is 0.375. The third-order valence-corrected chi connectivity index (χ3v) is 4.04. The number of ether oxygens (including phenoxy) is 1. The Bertz CT molecular complexity index is 595. The van der Waals surface area contributed by atoms with Crippen molar-refractivity contribution in [2.45, 2.75) is 32.6 Å². The molecule has 0 amide bonds. The molecule has 112 valence electrons. The fourth-order valence-corrected chi connectivity index (χ4v) is 2.88. The maximum absolute atomic E-state index is 10.6. The zero-order valence-corrected chi connectivity index (χ0v) is 12.9. The van der Waals surface area contributed by atoms with Crippen molar-refractivity contribution in [3.05, 3.63) is 45.9 Å². The quantitative estimate of drug-likeness (QED) is 0.760. The lowest BCUT2D eigenvalue weighted by atomic mass is 10.1. The van der Waals surface area contributed by atoms with Crippen LogP contribution in [-0.4, -0.2) is 22.7 Å². The van der Waals surface area contributed by atoms with Crippen molar-refractivity contribution in [2.75, 3.05) is 6.61 Å². The van der Waals surface area contributed by atoms with Crippen LogP contribution in [0.2, 0.25) is 0 Å². The van der Waals surface area contributed by atoms with Gasteiger partial charge in [0.1, 0.15) is 5.75 Å². The first-order valence-corrected chi connectivity index (χ1v) is 7.92. The lowest BCUT2D eigenvalue weighted by molar-refractivity contribution is -0.136. The molecule has 0 spiro atoms. The molecule has 0 bridgehead atoms. The molecule has 1 aromatic heterocycles. The molecule has 4 nitrogen and oxygen atoms in total. The Morgan fingerprint density at radius 3 is 2.95 bits per heavy atom. The normalized spacial score (nSPS) is 10.5. The Morgan fingerprint density at radius 2 is 2.19 bits per heavy atom. The largest absolute Gasteiger partial charge is 0.493 e. The van der Waals surface area contributed by atoms with Gasteiger partial charge in [0.2, 0.25) is 0 Å². The first kappa shape index (κ1) is 15.5. The first-order valence-electron chi connectivity index (χ1n) is 7.04. The molecule has 0 saturated heterocycles. The second kappa shape index (κ2) is 7.78. The zero-order valence-electron chi connectivity index (χ0n) is 12.0. The predicted molar refractivity (Wildman–Crippen MR) is 83.1 cm³/mol. The van der Waals surface area contributed by atoms with Crippen molar-refractivity contribution in [3.8, 4) is 5.75 Å². The van der Waals surface area contributed by atoms with Crippen molar-refractivity contribution < 1.29 is 14.6 Å². The minimum atomic E-state index is -0.841. The summed E-state index contributed by atoms with van der Waals surface area (Å²) >= 11 is 1.52. The van der Waals surface area contributed by atoms with E-state index in [1.165, 1.54) is 16.9 Å². The SMILES string of the molecule is CCc1ccccc1OCCCc1nc(CC(=O)O)cs1. The van der Waals surface area contributed by atoms with Gasteiger partial charge < -0.3 is 9.84 Å². The van der Waals surface area contributed by atoms with E-state index in [2.05, 4.69) is 18.0 Å². The number of carboxylic acids is 1. The summed E-state index contributed by atoms with van der Waals surface area (Å²) in [6, 6.07) is 8.07. The Balaban J connectivity index is 1.77. The van der Waals surface area contributed by atoms with E-state index in [4.69, 9.17) is 9.84 Å². The molecule has 0 radical (unpaired) electrons. The van der Waals surface area contributed by atoms with Crippen molar-refractivity contribution in [3.63, 3.8) is 0 Å². The van der Waals surface area contributed by atoms with Crippen LogP contribution in [0.15, 0.2) is 29.6 Å². The number of rotatable bonds is 8. The molecule has 1 N–H and O–H groups in total. The summed E-state index contributed by atoms with van der Waals surface area (Å²) in [7, 11) is 0. The maximum atomic E-state index is 10.6. The van der Waals surface area contributed by atoms with E-state index in [1.807, 2.05) is 23.6 Å². The van der Waals surface area contributed by atoms with Crippen LogP contribution in [0, 0.1) is 0 Å². The third kappa shape index (κ3) is 4.86. The summed E-state index contributed by atoms with van der Waals surface area (Å²) in [4.78, 5) is 14.9. The highest BCUT2D eigenvalue weighted by molar-refractivity contribution is 7.09. The Kier molecular flexibility index (Phi) is 5.75. The van der Waals surface area contributed by atoms with Crippen molar-refractivity contribution in [2.24, 2.45) is 0 Å². The highest BCUT2D eigenvalue weighted by atomic mass is 32.1. The average Bonchev–Trinajstić information content (AvgIpc) is 2.90. The van der Waals surface area contributed by atoms with E-state index in [-0.39, 0.29) is 6.42 Å². The number of para-hydroxylation sites is 1. The maximum Gasteiger partial charge on any atom is 0.309 e. The number of hydrogen-bond donors (Lipinski definition) is 1. The number of benzene rings is 1. The smallest absolute Gasteiger partial charge is 0.309 e. The van der Waals surface area contributed by atoms with Crippen LogP contribution >= 0.6 is 11.3 Å². The molecule has 0 unspecified atom stereocenters. The van der Waals surface area contributed by atoms with Gasteiger partial charge in [0.15, 0.2) is 0 Å². The van der Waals surface area contributed by atoms with Gasteiger partial charge in [0.05, 0.1) is 23.7 Å². The molecule has 0 atom stereocenters. The van der Waals surface area contributed by atoms with Crippen LogP contribution in [0.1, 0.15) is 29.6 Å². The number of nitrogens with zero attached hydrogens (tertiary/aromatic N) is 1. The lowest BCUT2D eigenvalue weighted by Gasteiger charge is -2.09. The van der Waals surface area contributed by atoms with E-state index in [1.54, 1.807) is 0 Å². The summed E-state index contributed by atoms with van der Waals surface area (Å²) in [5, 5.41) is 11.5. The highest BCUT2D eigenvalue weighted by Gasteiger charge is 2.06. The zero-order chi connectivity index (χ0) is 15.1. The van der Waals surface area contributed by atoms with Crippen LogP contribution in [0.5, 0.6) is 5.75 Å². The highest BCUT2D eigenvalue weighted by Crippen LogP contribution is 2.19. The molecular formula is C16H19NO3S. The van der Waals surface area contributed by atoms with Crippen LogP contribution in [0.25, 0.3) is 0 Å². The molecule has 2 aromatic rings. The van der Waals surface area contributed by atoms with Gasteiger partial charge in [-0.15, -0.1) is 11.3 Å². The summed E-state index contributed by atoms with van der Waals surface area (Å²) in [5.74, 6) is 0.108. The van der Waals surface area contributed by atoms with Gasteiger partial charge in [-0.25, -0.2) is 4.98 Å². The van der Waals surface area contributed by atoms with Gasteiger partial charge in [-0.05, 0) is 24.5 Å². The number of carboxylic acid groups (broad SMARTS) is 1. The first-order chi connectivity index (χ1) is 10.2. The monoisotopic (exact) mass is 305 g/mol. The van der Waals surface area contributed by atoms with Crippen LogP contribution < -0.4 is 4.74 Å². The Labute approximate surface area is 128 Å². The number of aliphatic carboxylic acids is 1. The molecule has 1 heterocycles. The van der Waals surface area contributed by atoms with Crippen LogP contribution in [0.3, 0.4) is 0 Å². The standard InChI is InChI=1S/C16H19NO3S/c1-2-12-6-3-4-7-14(12)20-9-5-8-15-17-13(11-21-15)10-16(18)19/h3-4,6-7,11H,2,5,8-10H2,1H3,(H,18,19). The van der Waals surface area contributed by atoms with Gasteiger partial charge in [0, 0.05) is 11.8 Å². The van der Waals surface area contributed by atoms with Crippen molar-refractivity contribution >= 4 is 17.3 Å². The summed E-state index contributed by atoms with van der Waals surface area (Å²) in [6.07, 6.45) is 2.65. The van der Waals surface area contributed by atoms with Gasteiger partial charge in [-0.3, -0.25) is 4.79 Å². The Hall–Kier alpha value is -1.88.